The van der Waals surface area contributed by atoms with Crippen LogP contribution in [0.3, 0.4) is 0 Å². The first-order chi connectivity index (χ1) is 35.3. The highest BCUT2D eigenvalue weighted by atomic mass is 19.4. The fourth-order valence-corrected chi connectivity index (χ4v) is 10.7. The molecule has 0 N–H and O–H groups in total. The fraction of sp³-hybridized carbons (Fsp3) is 0.161. The Morgan fingerprint density at radius 3 is 1.27 bits per heavy atom. The molecule has 0 radical (unpaired) electrons. The van der Waals surface area contributed by atoms with Crippen molar-refractivity contribution in [3.05, 3.63) is 166 Å². The summed E-state index contributed by atoms with van der Waals surface area (Å²) in [4.78, 5) is 65.5. The highest BCUT2D eigenvalue weighted by Gasteiger charge is 2.43. The number of hydrogen-bond acceptors (Lipinski definition) is 5. The number of amides is 4. The van der Waals surface area contributed by atoms with Gasteiger partial charge in [-0.3, -0.25) is 29.1 Å². The lowest BCUT2D eigenvalue weighted by Crippen LogP contribution is -2.46. The minimum Gasteiger partial charge on any atom is -0.271 e. The first-order valence-electron chi connectivity index (χ1n) is 23.0. The molecule has 11 rings (SSSR count). The summed E-state index contributed by atoms with van der Waals surface area (Å²) >= 11 is 0. The summed E-state index contributed by atoms with van der Waals surface area (Å²) in [6.45, 7) is 3.36. The number of alkyl halides is 12. The van der Waals surface area contributed by atoms with Crippen molar-refractivity contribution < 1.29 is 71.9 Å². The van der Waals surface area contributed by atoms with Crippen LogP contribution < -0.4 is 4.90 Å². The van der Waals surface area contributed by atoms with E-state index in [-0.39, 0.29) is 90.4 Å². The molecule has 0 saturated heterocycles. The number of rotatable bonds is 7. The topological polar surface area (TPSA) is 87.7 Å². The predicted molar refractivity (Wildman–Crippen MR) is 254 cm³/mol. The maximum Gasteiger partial charge on any atom is 0.416 e. The molecule has 19 heteroatoms. The van der Waals surface area contributed by atoms with E-state index in [0.717, 1.165) is 21.9 Å². The van der Waals surface area contributed by atoms with Gasteiger partial charge in [0.15, 0.2) is 0 Å². The monoisotopic (exact) mass is 1040 g/mol. The number of fused-ring (bicyclic) bond motifs is 2. The molecule has 378 valence electrons. The van der Waals surface area contributed by atoms with Gasteiger partial charge in [-0.05, 0) is 140 Å². The Kier molecular flexibility index (Phi) is 10.8. The molecule has 7 nitrogen and oxygen atoms in total. The zero-order valence-electron chi connectivity index (χ0n) is 38.5. The number of nitrogens with zero attached hydrogens (tertiary/aromatic N) is 3. The number of pyridine rings is 1. The minimum atomic E-state index is -5.39. The van der Waals surface area contributed by atoms with Crippen molar-refractivity contribution in [1.82, 2.24) is 9.88 Å². The molecular formula is C56H31F12N3O4. The van der Waals surface area contributed by atoms with Crippen LogP contribution in [0.25, 0.3) is 76.6 Å². The van der Waals surface area contributed by atoms with Gasteiger partial charge in [-0.2, -0.15) is 52.7 Å². The first-order valence-corrected chi connectivity index (χ1v) is 23.0. The smallest absolute Gasteiger partial charge is 0.271 e. The van der Waals surface area contributed by atoms with E-state index in [4.69, 9.17) is 0 Å². The Morgan fingerprint density at radius 2 is 0.827 bits per heavy atom. The van der Waals surface area contributed by atoms with Crippen LogP contribution in [0.5, 0.6) is 0 Å². The molecule has 0 saturated carbocycles. The van der Waals surface area contributed by atoms with Crippen molar-refractivity contribution >= 4 is 72.4 Å². The SMILES string of the molecule is CCC(CC)N1C(=O)c2ccc3c4c(-c5cc(C(F)(F)F)cc(C(F)(F)F)c5)cc5c6c(ccc(c7c(-c8cc(C(F)(F)F)cc(C(F)(F)F)c8)cc(c2c37)C1=O)c64)C(=O)N(c1ccnc(-c2ccccc2)c1)C5=O. The Bertz CT molecular complexity index is 3910. The maximum atomic E-state index is 15.2. The number of imide groups is 2. The van der Waals surface area contributed by atoms with Crippen LogP contribution in [-0.4, -0.2) is 39.6 Å². The molecule has 2 aliphatic heterocycles. The summed E-state index contributed by atoms with van der Waals surface area (Å²) < 4.78 is 176. The van der Waals surface area contributed by atoms with Crippen LogP contribution in [-0.2, 0) is 24.7 Å². The number of carbonyl (C=O) groups is 4. The van der Waals surface area contributed by atoms with Crippen LogP contribution in [0.2, 0.25) is 0 Å². The summed E-state index contributed by atoms with van der Waals surface area (Å²) in [6, 6.07) is 19.0. The predicted octanol–water partition coefficient (Wildman–Crippen LogP) is 15.8. The molecule has 0 unspecified atom stereocenters. The first kappa shape index (κ1) is 48.9. The molecular weight excluding hydrogens is 1010 g/mol. The van der Waals surface area contributed by atoms with Crippen LogP contribution in [0.4, 0.5) is 58.4 Å². The third kappa shape index (κ3) is 7.55. The normalized spacial score (nSPS) is 14.5. The fourth-order valence-electron chi connectivity index (χ4n) is 10.7. The highest BCUT2D eigenvalue weighted by molar-refractivity contribution is 6.46. The largest absolute Gasteiger partial charge is 0.416 e. The Labute approximate surface area is 414 Å². The summed E-state index contributed by atoms with van der Waals surface area (Å²) in [6.07, 6.45) is -19.8. The van der Waals surface area contributed by atoms with Gasteiger partial charge >= 0.3 is 24.7 Å². The second-order valence-electron chi connectivity index (χ2n) is 18.3. The van der Waals surface area contributed by atoms with Crippen molar-refractivity contribution in [2.45, 2.75) is 57.4 Å². The number of hydrogen-bond donors (Lipinski definition) is 0. The van der Waals surface area contributed by atoms with E-state index in [1.807, 2.05) is 0 Å². The van der Waals surface area contributed by atoms with E-state index in [2.05, 4.69) is 4.98 Å². The molecule has 4 amide bonds. The van der Waals surface area contributed by atoms with Crippen LogP contribution in [0.15, 0.2) is 121 Å². The molecule has 0 spiro atoms. The van der Waals surface area contributed by atoms with Crippen molar-refractivity contribution in [3.63, 3.8) is 0 Å². The number of anilines is 1. The lowest BCUT2D eigenvalue weighted by molar-refractivity contribution is -0.144. The molecule has 75 heavy (non-hydrogen) atoms. The summed E-state index contributed by atoms with van der Waals surface area (Å²) in [5.41, 5.74) is -9.79. The maximum absolute atomic E-state index is 15.2. The summed E-state index contributed by atoms with van der Waals surface area (Å²) in [7, 11) is 0. The third-order valence-corrected chi connectivity index (χ3v) is 14.0. The number of benzene rings is 8. The van der Waals surface area contributed by atoms with Crippen molar-refractivity contribution in [1.29, 1.82) is 0 Å². The molecule has 9 aromatic rings. The van der Waals surface area contributed by atoms with Crippen LogP contribution in [0, 0.1) is 0 Å². The van der Waals surface area contributed by atoms with Crippen molar-refractivity contribution in [2.75, 3.05) is 4.90 Å². The van der Waals surface area contributed by atoms with Crippen molar-refractivity contribution in [2.24, 2.45) is 0 Å². The standard InChI is InChI=1S/C56H31F12N3O4/c1-3-32(4-2)70-49(72)36-12-10-34-44-39(27-18-30(55(63,64)65)21-31(19-27)56(66,67)68)24-41-46-37(50(73)71(52(41)75)33-14-15-69-42(22-33)25-8-6-5-7-9-25)13-11-35(48(44)46)43-38(23-40(51(70)74)45(36)47(34)43)26-16-28(53(57,58)59)20-29(17-26)54(60,61)62/h5-24,32H,3-4H2,1-2H3. The van der Waals surface area contributed by atoms with E-state index in [1.165, 1.54) is 42.6 Å². The Hall–Kier alpha value is -8.35. The van der Waals surface area contributed by atoms with Gasteiger partial charge in [0.25, 0.3) is 23.6 Å². The van der Waals surface area contributed by atoms with E-state index in [1.54, 1.807) is 44.2 Å². The average Bonchev–Trinajstić information content (AvgIpc) is 3.42. The molecule has 3 heterocycles. The van der Waals surface area contributed by atoms with Gasteiger partial charge in [0, 0.05) is 50.8 Å². The van der Waals surface area contributed by atoms with E-state index in [9.17, 15) is 67.1 Å². The Morgan fingerprint density at radius 1 is 0.413 bits per heavy atom. The quantitative estimate of drug-likeness (QED) is 0.0687. The second-order valence-corrected chi connectivity index (χ2v) is 18.3. The summed E-state index contributed by atoms with van der Waals surface area (Å²) in [5.74, 6) is -3.91. The number of aromatic nitrogens is 1. The van der Waals surface area contributed by atoms with Gasteiger partial charge in [-0.15, -0.1) is 0 Å². The third-order valence-electron chi connectivity index (χ3n) is 14.0. The molecule has 0 bridgehead atoms. The van der Waals surface area contributed by atoms with E-state index in [0.29, 0.717) is 35.5 Å². The lowest BCUT2D eigenvalue weighted by atomic mass is 9.77. The Balaban J connectivity index is 1.34. The van der Waals surface area contributed by atoms with Crippen molar-refractivity contribution in [3.8, 4) is 33.5 Å². The number of halogens is 12. The van der Waals surface area contributed by atoms with Gasteiger partial charge in [0.2, 0.25) is 0 Å². The van der Waals surface area contributed by atoms with Gasteiger partial charge in [-0.25, -0.2) is 4.90 Å². The zero-order chi connectivity index (χ0) is 53.6. The second kappa shape index (κ2) is 16.6. The molecule has 0 atom stereocenters. The molecule has 8 aromatic carbocycles. The lowest BCUT2D eigenvalue weighted by Gasteiger charge is -2.34. The van der Waals surface area contributed by atoms with Crippen LogP contribution >= 0.6 is 0 Å². The number of carbonyl (C=O) groups excluding carboxylic acids is 4. The van der Waals surface area contributed by atoms with Gasteiger partial charge in [0.05, 0.1) is 33.6 Å². The molecule has 0 aliphatic carbocycles. The minimum absolute atomic E-state index is 0.0495. The summed E-state index contributed by atoms with van der Waals surface area (Å²) in [5, 5.41) is -1.55. The molecule has 1 aromatic heterocycles. The van der Waals surface area contributed by atoms with Gasteiger partial charge in [-0.1, -0.05) is 56.3 Å². The molecule has 0 fully saturated rings. The van der Waals surface area contributed by atoms with Gasteiger partial charge < -0.3 is 0 Å². The zero-order valence-corrected chi connectivity index (χ0v) is 38.5. The van der Waals surface area contributed by atoms with E-state index < -0.39 is 104 Å². The van der Waals surface area contributed by atoms with E-state index >= 15 is 4.79 Å². The van der Waals surface area contributed by atoms with Gasteiger partial charge in [0.1, 0.15) is 0 Å². The van der Waals surface area contributed by atoms with Crippen LogP contribution in [0.1, 0.15) is 90.4 Å². The average molecular weight is 1040 g/mol. The highest BCUT2D eigenvalue weighted by Crippen LogP contribution is 2.54. The molecule has 2 aliphatic rings.